The zero-order valence-corrected chi connectivity index (χ0v) is 18.0. The molecule has 0 bridgehead atoms. The van der Waals surface area contributed by atoms with Crippen LogP contribution in [-0.4, -0.2) is 18.9 Å². The van der Waals surface area contributed by atoms with Gasteiger partial charge in [-0.05, 0) is 67.6 Å². The molecule has 0 aromatic rings. The third-order valence-corrected chi connectivity index (χ3v) is 8.75. The summed E-state index contributed by atoms with van der Waals surface area (Å²) < 4.78 is 4.94. The van der Waals surface area contributed by atoms with Gasteiger partial charge in [0.15, 0.2) is 0 Å². The Morgan fingerprint density at radius 2 is 1.96 bits per heavy atom. The number of Topliss-reactive ketones (excluding diaryl/α,β-unsaturated/α-hetero) is 1. The van der Waals surface area contributed by atoms with E-state index in [2.05, 4.69) is 20.8 Å². The van der Waals surface area contributed by atoms with Crippen molar-refractivity contribution in [1.82, 2.24) is 0 Å². The standard InChI is InChI=1S/C24H40O3/c1-5-6-7-8-17-15-18-19(23(2,16-17)13-12-22(26)27-4)11-14-24(3)20(18)9-10-21(24)25/h17-20H,5-16H2,1-4H3. The SMILES string of the molecule is CCCCCC1CC2C(CCC3(C)C(=O)CCC23)C(C)(CCC(=O)OC)C1. The number of fused-ring (bicyclic) bond motifs is 3. The zero-order chi connectivity index (χ0) is 19.7. The van der Waals surface area contributed by atoms with Crippen LogP contribution in [0.4, 0.5) is 0 Å². The number of methoxy groups -OCH3 is 1. The molecule has 3 aliphatic rings. The number of rotatable bonds is 7. The molecule has 6 unspecified atom stereocenters. The van der Waals surface area contributed by atoms with Gasteiger partial charge in [-0.2, -0.15) is 0 Å². The van der Waals surface area contributed by atoms with E-state index in [-0.39, 0.29) is 16.8 Å². The Morgan fingerprint density at radius 1 is 1.19 bits per heavy atom. The van der Waals surface area contributed by atoms with Gasteiger partial charge in [-0.1, -0.05) is 46.5 Å². The van der Waals surface area contributed by atoms with Crippen molar-refractivity contribution in [1.29, 1.82) is 0 Å². The summed E-state index contributed by atoms with van der Waals surface area (Å²) in [5.74, 6) is 3.15. The minimum absolute atomic E-state index is 0.0598. The maximum Gasteiger partial charge on any atom is 0.305 e. The van der Waals surface area contributed by atoms with E-state index in [4.69, 9.17) is 4.74 Å². The van der Waals surface area contributed by atoms with E-state index in [1.165, 1.54) is 52.1 Å². The maximum absolute atomic E-state index is 12.7. The second kappa shape index (κ2) is 8.25. The number of ether oxygens (including phenoxy) is 1. The Labute approximate surface area is 166 Å². The van der Waals surface area contributed by atoms with Crippen LogP contribution in [0.15, 0.2) is 0 Å². The molecule has 0 heterocycles. The number of ketones is 1. The van der Waals surface area contributed by atoms with Crippen LogP contribution in [0.1, 0.15) is 97.8 Å². The molecule has 0 amide bonds. The van der Waals surface area contributed by atoms with Gasteiger partial charge in [0, 0.05) is 18.3 Å². The number of hydrogen-bond donors (Lipinski definition) is 0. The molecule has 27 heavy (non-hydrogen) atoms. The Morgan fingerprint density at radius 3 is 2.67 bits per heavy atom. The molecule has 0 radical (unpaired) electrons. The fraction of sp³-hybridized carbons (Fsp3) is 0.917. The predicted molar refractivity (Wildman–Crippen MR) is 108 cm³/mol. The van der Waals surface area contributed by atoms with E-state index < -0.39 is 0 Å². The van der Waals surface area contributed by atoms with Crippen molar-refractivity contribution in [3.63, 3.8) is 0 Å². The van der Waals surface area contributed by atoms with E-state index >= 15 is 0 Å². The fourth-order valence-corrected chi connectivity index (χ4v) is 7.21. The van der Waals surface area contributed by atoms with Gasteiger partial charge in [0.05, 0.1) is 7.11 Å². The molecule has 0 aliphatic heterocycles. The lowest BCUT2D eigenvalue weighted by atomic mass is 9.47. The third kappa shape index (κ3) is 3.98. The molecule has 3 nitrogen and oxygen atoms in total. The van der Waals surface area contributed by atoms with Gasteiger partial charge in [0.25, 0.3) is 0 Å². The molecule has 3 saturated carbocycles. The van der Waals surface area contributed by atoms with Gasteiger partial charge in [0.1, 0.15) is 5.78 Å². The average molecular weight is 377 g/mol. The topological polar surface area (TPSA) is 43.4 Å². The number of carbonyl (C=O) groups excluding carboxylic acids is 2. The van der Waals surface area contributed by atoms with E-state index in [1.54, 1.807) is 0 Å². The van der Waals surface area contributed by atoms with Crippen molar-refractivity contribution < 1.29 is 14.3 Å². The highest BCUT2D eigenvalue weighted by Crippen LogP contribution is 2.63. The second-order valence-electron chi connectivity index (χ2n) is 10.3. The molecule has 0 saturated heterocycles. The number of carbonyl (C=O) groups is 2. The van der Waals surface area contributed by atoms with Gasteiger partial charge in [-0.15, -0.1) is 0 Å². The first-order valence-corrected chi connectivity index (χ1v) is 11.4. The average Bonchev–Trinajstić information content (AvgIpc) is 2.95. The quantitative estimate of drug-likeness (QED) is 0.407. The normalized spacial score (nSPS) is 41.1. The smallest absolute Gasteiger partial charge is 0.305 e. The largest absolute Gasteiger partial charge is 0.469 e. The lowest BCUT2D eigenvalue weighted by molar-refractivity contribution is -0.143. The van der Waals surface area contributed by atoms with Crippen molar-refractivity contribution in [2.45, 2.75) is 97.8 Å². The predicted octanol–water partition coefficient (Wildman–Crippen LogP) is 5.95. The van der Waals surface area contributed by atoms with E-state index in [0.717, 1.165) is 31.6 Å². The summed E-state index contributed by atoms with van der Waals surface area (Å²) in [5, 5.41) is 0. The van der Waals surface area contributed by atoms with Gasteiger partial charge in [-0.25, -0.2) is 0 Å². The molecule has 3 fully saturated rings. The van der Waals surface area contributed by atoms with Crippen LogP contribution >= 0.6 is 0 Å². The van der Waals surface area contributed by atoms with Gasteiger partial charge in [0.2, 0.25) is 0 Å². The summed E-state index contributed by atoms with van der Waals surface area (Å²) in [7, 11) is 1.50. The van der Waals surface area contributed by atoms with Crippen molar-refractivity contribution in [2.75, 3.05) is 7.11 Å². The summed E-state index contributed by atoms with van der Waals surface area (Å²) in [6.07, 6.45) is 13.4. The lowest BCUT2D eigenvalue weighted by Crippen LogP contribution is -2.50. The molecule has 0 aromatic heterocycles. The third-order valence-electron chi connectivity index (χ3n) is 8.75. The molecule has 0 N–H and O–H groups in total. The molecule has 154 valence electrons. The summed E-state index contributed by atoms with van der Waals surface area (Å²) in [6.45, 7) is 6.98. The summed E-state index contributed by atoms with van der Waals surface area (Å²) in [6, 6.07) is 0. The van der Waals surface area contributed by atoms with Crippen LogP contribution in [0.5, 0.6) is 0 Å². The Balaban J connectivity index is 1.80. The highest BCUT2D eigenvalue weighted by molar-refractivity contribution is 5.87. The van der Waals surface area contributed by atoms with Crippen LogP contribution in [0.25, 0.3) is 0 Å². The van der Waals surface area contributed by atoms with Crippen molar-refractivity contribution >= 4 is 11.8 Å². The summed E-state index contributed by atoms with van der Waals surface area (Å²) >= 11 is 0. The van der Waals surface area contributed by atoms with Crippen LogP contribution in [-0.2, 0) is 14.3 Å². The molecule has 6 atom stereocenters. The monoisotopic (exact) mass is 376 g/mol. The highest BCUT2D eigenvalue weighted by atomic mass is 16.5. The van der Waals surface area contributed by atoms with Crippen molar-refractivity contribution in [3.8, 4) is 0 Å². The van der Waals surface area contributed by atoms with Crippen LogP contribution < -0.4 is 0 Å². The maximum atomic E-state index is 12.7. The molecule has 3 rings (SSSR count). The molecular formula is C24H40O3. The second-order valence-corrected chi connectivity index (χ2v) is 10.3. The van der Waals surface area contributed by atoms with Crippen LogP contribution in [0, 0.1) is 34.5 Å². The molecule has 0 spiro atoms. The molecule has 3 heteroatoms. The molecular weight excluding hydrogens is 336 g/mol. The van der Waals surface area contributed by atoms with Crippen LogP contribution in [0.2, 0.25) is 0 Å². The Kier molecular flexibility index (Phi) is 6.37. The van der Waals surface area contributed by atoms with E-state index in [9.17, 15) is 9.59 Å². The van der Waals surface area contributed by atoms with Crippen molar-refractivity contribution in [3.05, 3.63) is 0 Å². The lowest BCUT2D eigenvalue weighted by Gasteiger charge is -2.57. The Bertz CT molecular complexity index is 556. The number of esters is 1. The fourth-order valence-electron chi connectivity index (χ4n) is 7.21. The minimum atomic E-state index is -0.0717. The van der Waals surface area contributed by atoms with Gasteiger partial charge >= 0.3 is 5.97 Å². The summed E-state index contributed by atoms with van der Waals surface area (Å²) in [4.78, 5) is 24.5. The van der Waals surface area contributed by atoms with Crippen LogP contribution in [0.3, 0.4) is 0 Å². The van der Waals surface area contributed by atoms with E-state index in [0.29, 0.717) is 30.0 Å². The van der Waals surface area contributed by atoms with Gasteiger partial charge < -0.3 is 4.74 Å². The first-order valence-electron chi connectivity index (χ1n) is 11.4. The minimum Gasteiger partial charge on any atom is -0.469 e. The summed E-state index contributed by atoms with van der Waals surface area (Å²) in [5.41, 5.74) is 0.163. The van der Waals surface area contributed by atoms with Crippen molar-refractivity contribution in [2.24, 2.45) is 34.5 Å². The first kappa shape index (κ1) is 20.9. The first-order chi connectivity index (χ1) is 12.8. The van der Waals surface area contributed by atoms with Gasteiger partial charge in [-0.3, -0.25) is 9.59 Å². The number of hydrogen-bond acceptors (Lipinski definition) is 3. The number of unbranched alkanes of at least 4 members (excludes halogenated alkanes) is 2. The highest BCUT2D eigenvalue weighted by Gasteiger charge is 2.58. The molecule has 3 aliphatic carbocycles. The Hall–Kier alpha value is -0.860. The van der Waals surface area contributed by atoms with E-state index in [1.807, 2.05) is 0 Å². The zero-order valence-electron chi connectivity index (χ0n) is 18.0. The molecule has 0 aromatic carbocycles.